The lowest BCUT2D eigenvalue weighted by Gasteiger charge is -2.06. The zero-order valence-electron chi connectivity index (χ0n) is 15.4. The number of Topliss-reactive ketones (excluding diaryl/α,β-unsaturated/α-hetero) is 1. The largest absolute Gasteiger partial charge is 0.484 e. The number of primary amides is 1. The third kappa shape index (κ3) is 4.20. The van der Waals surface area contributed by atoms with Gasteiger partial charge in [-0.1, -0.05) is 25.1 Å². The molecular weight excluding hydrogens is 360 g/mol. The van der Waals surface area contributed by atoms with Crippen molar-refractivity contribution in [1.29, 1.82) is 0 Å². The quantitative estimate of drug-likeness (QED) is 0.461. The van der Waals surface area contributed by atoms with E-state index in [1.54, 1.807) is 6.20 Å². The summed E-state index contributed by atoms with van der Waals surface area (Å²) in [6.45, 7) is 1.44. The van der Waals surface area contributed by atoms with Gasteiger partial charge in [-0.2, -0.15) is 0 Å². The number of H-pyrrole nitrogens is 1. The number of hydrogen-bond donors (Lipinski definition) is 2. The number of benzene rings is 2. The van der Waals surface area contributed by atoms with Gasteiger partial charge in [0.05, 0.1) is 5.56 Å². The van der Waals surface area contributed by atoms with Gasteiger partial charge in [0.1, 0.15) is 5.75 Å². The number of ketones is 1. The maximum atomic E-state index is 12.5. The van der Waals surface area contributed by atoms with Crippen LogP contribution >= 0.6 is 0 Å². The summed E-state index contributed by atoms with van der Waals surface area (Å²) in [7, 11) is 0. The van der Waals surface area contributed by atoms with E-state index in [4.69, 9.17) is 15.2 Å². The van der Waals surface area contributed by atoms with Gasteiger partial charge < -0.3 is 20.2 Å². The highest BCUT2D eigenvalue weighted by Crippen LogP contribution is 2.23. The summed E-state index contributed by atoms with van der Waals surface area (Å²) in [4.78, 5) is 38.5. The maximum Gasteiger partial charge on any atom is 0.338 e. The molecule has 0 aliphatic rings. The summed E-state index contributed by atoms with van der Waals surface area (Å²) in [5, 5.41) is 0.816. The molecule has 1 amide bonds. The van der Waals surface area contributed by atoms with Crippen LogP contribution in [0.3, 0.4) is 0 Å². The monoisotopic (exact) mass is 380 g/mol. The molecule has 0 bridgehead atoms. The summed E-state index contributed by atoms with van der Waals surface area (Å²) >= 11 is 0. The van der Waals surface area contributed by atoms with Gasteiger partial charge in [-0.3, -0.25) is 9.59 Å². The third-order valence-corrected chi connectivity index (χ3v) is 4.29. The topological polar surface area (TPSA) is 111 Å². The standard InChI is InChI=1S/C21H20N2O5/c1-2-13-4-3-5-16-17(10-23-20(13)16)18(24)11-28-21(26)14-6-8-15(9-7-14)27-12-19(22)25/h3-10,23H,2,11-12H2,1H3,(H2,22,25). The van der Waals surface area contributed by atoms with E-state index in [2.05, 4.69) is 4.98 Å². The molecule has 0 saturated heterocycles. The van der Waals surface area contributed by atoms with Crippen LogP contribution in [-0.2, 0) is 16.0 Å². The number of nitrogens with two attached hydrogens (primary N) is 1. The van der Waals surface area contributed by atoms with Crippen molar-refractivity contribution in [3.63, 3.8) is 0 Å². The van der Waals surface area contributed by atoms with Crippen LogP contribution in [0.2, 0.25) is 0 Å². The molecule has 3 rings (SSSR count). The molecule has 144 valence electrons. The molecule has 1 heterocycles. The normalized spacial score (nSPS) is 10.6. The van der Waals surface area contributed by atoms with Crippen LogP contribution in [0.15, 0.2) is 48.7 Å². The second kappa shape index (κ2) is 8.39. The van der Waals surface area contributed by atoms with Gasteiger partial charge in [0, 0.05) is 22.7 Å². The van der Waals surface area contributed by atoms with E-state index in [0.29, 0.717) is 11.3 Å². The van der Waals surface area contributed by atoms with E-state index in [1.165, 1.54) is 24.3 Å². The number of hydrogen-bond acceptors (Lipinski definition) is 5. The Hall–Kier alpha value is -3.61. The number of esters is 1. The van der Waals surface area contributed by atoms with Crippen molar-refractivity contribution >= 4 is 28.6 Å². The second-order valence-electron chi connectivity index (χ2n) is 6.17. The number of fused-ring (bicyclic) bond motifs is 1. The van der Waals surface area contributed by atoms with E-state index >= 15 is 0 Å². The fraction of sp³-hybridized carbons (Fsp3) is 0.190. The van der Waals surface area contributed by atoms with Crippen LogP contribution in [0.25, 0.3) is 10.9 Å². The first kappa shape index (κ1) is 19.2. The fourth-order valence-corrected chi connectivity index (χ4v) is 2.88. The molecule has 1 aromatic heterocycles. The number of nitrogens with one attached hydrogen (secondary N) is 1. The fourth-order valence-electron chi connectivity index (χ4n) is 2.88. The lowest BCUT2D eigenvalue weighted by Crippen LogP contribution is -2.20. The first-order valence-electron chi connectivity index (χ1n) is 8.80. The van der Waals surface area contributed by atoms with Crippen molar-refractivity contribution in [2.75, 3.05) is 13.2 Å². The molecule has 3 aromatic rings. The van der Waals surface area contributed by atoms with Gasteiger partial charge in [0.2, 0.25) is 5.78 Å². The second-order valence-corrected chi connectivity index (χ2v) is 6.17. The molecule has 0 radical (unpaired) electrons. The van der Waals surface area contributed by atoms with Gasteiger partial charge >= 0.3 is 5.97 Å². The number of rotatable bonds is 8. The predicted octanol–water partition coefficient (Wildman–Crippen LogP) is 2.63. The van der Waals surface area contributed by atoms with Crippen LogP contribution in [0, 0.1) is 0 Å². The van der Waals surface area contributed by atoms with Crippen LogP contribution < -0.4 is 10.5 Å². The maximum absolute atomic E-state index is 12.5. The van der Waals surface area contributed by atoms with Crippen LogP contribution in [0.4, 0.5) is 0 Å². The Balaban J connectivity index is 1.63. The average molecular weight is 380 g/mol. The molecule has 0 unspecified atom stereocenters. The molecular formula is C21H20N2O5. The molecule has 2 aromatic carbocycles. The minimum Gasteiger partial charge on any atom is -0.484 e. The Morgan fingerprint density at radius 2 is 1.79 bits per heavy atom. The molecule has 3 N–H and O–H groups in total. The minimum atomic E-state index is -0.621. The number of para-hydroxylation sites is 1. The lowest BCUT2D eigenvalue weighted by atomic mass is 10.1. The molecule has 0 saturated carbocycles. The molecule has 0 spiro atoms. The zero-order valence-corrected chi connectivity index (χ0v) is 15.4. The summed E-state index contributed by atoms with van der Waals surface area (Å²) in [5.74, 6) is -1.10. The van der Waals surface area contributed by atoms with E-state index in [0.717, 1.165) is 22.9 Å². The van der Waals surface area contributed by atoms with E-state index in [1.807, 2.05) is 25.1 Å². The van der Waals surface area contributed by atoms with Gasteiger partial charge in [-0.15, -0.1) is 0 Å². The number of ether oxygens (including phenoxy) is 2. The van der Waals surface area contributed by atoms with Crippen molar-refractivity contribution < 1.29 is 23.9 Å². The SMILES string of the molecule is CCc1cccc2c(C(=O)COC(=O)c3ccc(OCC(N)=O)cc3)c[nH]c12. The van der Waals surface area contributed by atoms with Gasteiger partial charge in [0.15, 0.2) is 13.2 Å². The Morgan fingerprint density at radius 1 is 1.04 bits per heavy atom. The van der Waals surface area contributed by atoms with Crippen LogP contribution in [-0.4, -0.2) is 35.9 Å². The molecule has 0 atom stereocenters. The third-order valence-electron chi connectivity index (χ3n) is 4.29. The minimum absolute atomic E-state index is 0.247. The Kier molecular flexibility index (Phi) is 5.74. The highest BCUT2D eigenvalue weighted by atomic mass is 16.5. The number of amides is 1. The van der Waals surface area contributed by atoms with Crippen molar-refractivity contribution in [1.82, 2.24) is 4.98 Å². The van der Waals surface area contributed by atoms with Gasteiger partial charge in [0.25, 0.3) is 5.91 Å². The number of carbonyl (C=O) groups is 3. The molecule has 0 aliphatic carbocycles. The molecule has 7 heteroatoms. The molecule has 0 fully saturated rings. The van der Waals surface area contributed by atoms with Crippen molar-refractivity contribution in [2.24, 2.45) is 5.73 Å². The predicted molar refractivity (Wildman–Crippen MR) is 103 cm³/mol. The molecule has 28 heavy (non-hydrogen) atoms. The van der Waals surface area contributed by atoms with Crippen LogP contribution in [0.1, 0.15) is 33.2 Å². The molecule has 7 nitrogen and oxygen atoms in total. The zero-order chi connectivity index (χ0) is 20.1. The summed E-state index contributed by atoms with van der Waals surface area (Å²) in [6.07, 6.45) is 2.49. The van der Waals surface area contributed by atoms with Crippen molar-refractivity contribution in [3.05, 3.63) is 65.4 Å². The Morgan fingerprint density at radius 3 is 2.46 bits per heavy atom. The summed E-state index contributed by atoms with van der Waals surface area (Å²) < 4.78 is 10.3. The smallest absolute Gasteiger partial charge is 0.338 e. The number of carbonyl (C=O) groups excluding carboxylic acids is 3. The molecule has 0 aliphatic heterocycles. The summed E-state index contributed by atoms with van der Waals surface area (Å²) in [5.41, 5.74) is 7.81. The van der Waals surface area contributed by atoms with Crippen molar-refractivity contribution in [3.8, 4) is 5.75 Å². The van der Waals surface area contributed by atoms with E-state index < -0.39 is 11.9 Å². The van der Waals surface area contributed by atoms with Gasteiger partial charge in [-0.25, -0.2) is 4.79 Å². The van der Waals surface area contributed by atoms with Crippen LogP contribution in [0.5, 0.6) is 5.75 Å². The average Bonchev–Trinajstić information content (AvgIpc) is 3.15. The van der Waals surface area contributed by atoms with E-state index in [9.17, 15) is 14.4 Å². The summed E-state index contributed by atoms with van der Waals surface area (Å²) in [6, 6.07) is 11.8. The van der Waals surface area contributed by atoms with Crippen molar-refractivity contribution in [2.45, 2.75) is 13.3 Å². The first-order chi connectivity index (χ1) is 13.5. The number of aromatic nitrogens is 1. The Bertz CT molecular complexity index is 1020. The van der Waals surface area contributed by atoms with Gasteiger partial charge in [-0.05, 0) is 36.2 Å². The number of aryl methyl sites for hydroxylation is 1. The number of aromatic amines is 1. The first-order valence-corrected chi connectivity index (χ1v) is 8.80. The van der Waals surface area contributed by atoms with E-state index in [-0.39, 0.29) is 24.6 Å². The highest BCUT2D eigenvalue weighted by Gasteiger charge is 2.16. The Labute approximate surface area is 161 Å². The highest BCUT2D eigenvalue weighted by molar-refractivity contribution is 6.09. The lowest BCUT2D eigenvalue weighted by molar-refractivity contribution is -0.119.